The summed E-state index contributed by atoms with van der Waals surface area (Å²) in [6.45, 7) is 0.260. The van der Waals surface area contributed by atoms with Gasteiger partial charge < -0.3 is 19.8 Å². The number of aromatic nitrogens is 1. The summed E-state index contributed by atoms with van der Waals surface area (Å²) >= 11 is 0. The molecule has 0 spiro atoms. The number of pyridine rings is 1. The minimum Gasteiger partial charge on any atom is -0.437 e. The van der Waals surface area contributed by atoms with Crippen molar-refractivity contribution in [3.63, 3.8) is 0 Å². The molecule has 0 saturated heterocycles. The first-order valence-corrected chi connectivity index (χ1v) is 10.2. The topological polar surface area (TPSA) is 97.5 Å². The number of nitrogens with one attached hydrogen (secondary N) is 2. The molecule has 0 saturated carbocycles. The van der Waals surface area contributed by atoms with Crippen LogP contribution >= 0.6 is 0 Å². The zero-order valence-electron chi connectivity index (χ0n) is 25.1. The number of aromatic amines is 1. The summed E-state index contributed by atoms with van der Waals surface area (Å²) in [7, 11) is 1.03. The average Bonchev–Trinajstić information content (AvgIpc) is 2.81. The fourth-order valence-corrected chi connectivity index (χ4v) is 3.44. The summed E-state index contributed by atoms with van der Waals surface area (Å²) in [6.07, 6.45) is 0.0542. The molecule has 174 valence electrons. The van der Waals surface area contributed by atoms with Gasteiger partial charge in [0, 0.05) is 42.6 Å². The maximum Gasteiger partial charge on any atom is 0.513 e. The highest BCUT2D eigenvalue weighted by Crippen LogP contribution is 2.40. The molecule has 2 aromatic carbocycles. The van der Waals surface area contributed by atoms with Gasteiger partial charge in [-0.2, -0.15) is 0 Å². The van der Waals surface area contributed by atoms with Crippen LogP contribution in [-0.4, -0.2) is 24.2 Å². The van der Waals surface area contributed by atoms with Gasteiger partial charge in [0.05, 0.1) is 7.11 Å². The van der Waals surface area contributed by atoms with Crippen LogP contribution in [-0.2, 0) is 15.6 Å². The quantitative estimate of drug-likeness (QED) is 0.399. The van der Waals surface area contributed by atoms with E-state index in [0.29, 0.717) is 16.5 Å². The number of rotatable bonds is 3. The number of methoxy groups -OCH3 is 1. The number of para-hydroxylation sites is 1. The molecule has 2 N–H and O–H groups in total. The van der Waals surface area contributed by atoms with E-state index in [4.69, 9.17) is 13.0 Å². The van der Waals surface area contributed by atoms with E-state index in [1.807, 2.05) is 0 Å². The van der Waals surface area contributed by atoms with Crippen LogP contribution in [0.25, 0.3) is 10.9 Å². The van der Waals surface area contributed by atoms with Crippen LogP contribution in [0.4, 0.5) is 10.5 Å². The molecule has 0 bridgehead atoms. The molecule has 0 unspecified atom stereocenters. The van der Waals surface area contributed by atoms with Gasteiger partial charge in [0.25, 0.3) is 5.91 Å². The minimum atomic E-state index is -3.05. The molecular formula is C26H30N2O5. The number of benzene rings is 2. The van der Waals surface area contributed by atoms with Crippen molar-refractivity contribution in [1.29, 1.82) is 0 Å². The van der Waals surface area contributed by atoms with Gasteiger partial charge in [-0.25, -0.2) is 4.79 Å². The molecule has 7 heteroatoms. The Morgan fingerprint density at radius 3 is 2.36 bits per heavy atom. The summed E-state index contributed by atoms with van der Waals surface area (Å²) in [6, 6.07) is 9.15. The van der Waals surface area contributed by atoms with Crippen LogP contribution in [0.3, 0.4) is 0 Å². The molecule has 0 aliphatic heterocycles. The predicted octanol–water partition coefficient (Wildman–Crippen LogP) is 5.52. The van der Waals surface area contributed by atoms with Gasteiger partial charge in [-0.15, -0.1) is 0 Å². The van der Waals surface area contributed by atoms with Gasteiger partial charge in [-0.1, -0.05) is 53.5 Å². The lowest BCUT2D eigenvalue weighted by Crippen LogP contribution is -2.25. The summed E-state index contributed by atoms with van der Waals surface area (Å²) in [5.41, 5.74) is -3.26. The molecule has 33 heavy (non-hydrogen) atoms. The van der Waals surface area contributed by atoms with E-state index in [9.17, 15) is 14.4 Å². The summed E-state index contributed by atoms with van der Waals surface area (Å²) in [5.74, 6) is -1.20. The molecule has 0 aliphatic rings. The van der Waals surface area contributed by atoms with Gasteiger partial charge in [-0.3, -0.25) is 9.59 Å². The molecule has 3 rings (SSSR count). The molecular weight excluding hydrogens is 420 g/mol. The van der Waals surface area contributed by atoms with Crippen LogP contribution in [0.5, 0.6) is 5.75 Å². The lowest BCUT2D eigenvalue weighted by molar-refractivity contribution is 0.102. The first-order valence-electron chi connectivity index (χ1n) is 13.2. The molecule has 1 aromatic heterocycles. The first kappa shape index (κ1) is 16.9. The van der Waals surface area contributed by atoms with Crippen LogP contribution < -0.4 is 15.5 Å². The van der Waals surface area contributed by atoms with Gasteiger partial charge in [-0.05, 0) is 34.6 Å². The Morgan fingerprint density at radius 2 is 1.73 bits per heavy atom. The normalized spacial score (nSPS) is 15.3. The number of hydrogen-bond acceptors (Lipinski definition) is 5. The highest BCUT2D eigenvalue weighted by Gasteiger charge is 2.28. The number of carbonyl (C=O) groups is 2. The van der Waals surface area contributed by atoms with Crippen molar-refractivity contribution in [1.82, 2.24) is 4.98 Å². The molecule has 0 fully saturated rings. The maximum atomic E-state index is 13.3. The second kappa shape index (κ2) is 8.73. The highest BCUT2D eigenvalue weighted by molar-refractivity contribution is 6.06. The zero-order valence-corrected chi connectivity index (χ0v) is 19.1. The molecule has 7 nitrogen and oxygen atoms in total. The number of hydrogen-bond donors (Lipinski definition) is 2. The Kier molecular flexibility index (Phi) is 4.48. The van der Waals surface area contributed by atoms with Gasteiger partial charge in [0.2, 0.25) is 5.43 Å². The Morgan fingerprint density at radius 1 is 1.03 bits per heavy atom. The van der Waals surface area contributed by atoms with Crippen LogP contribution in [0.2, 0.25) is 0 Å². The largest absolute Gasteiger partial charge is 0.513 e. The summed E-state index contributed by atoms with van der Waals surface area (Å²) in [4.78, 5) is 41.3. The third-order valence-electron chi connectivity index (χ3n) is 5.11. The van der Waals surface area contributed by atoms with Crippen molar-refractivity contribution >= 4 is 28.7 Å². The molecule has 3 aromatic rings. The van der Waals surface area contributed by atoms with E-state index < -0.39 is 47.8 Å². The number of anilines is 1. The van der Waals surface area contributed by atoms with E-state index in [-0.39, 0.29) is 16.8 Å². The van der Waals surface area contributed by atoms with Crippen LogP contribution in [0.1, 0.15) is 71.1 Å². The van der Waals surface area contributed by atoms with Crippen molar-refractivity contribution in [3.8, 4) is 5.75 Å². The van der Waals surface area contributed by atoms with Crippen LogP contribution in [0.15, 0.2) is 47.4 Å². The Labute approximate surface area is 201 Å². The van der Waals surface area contributed by atoms with Crippen molar-refractivity contribution in [2.24, 2.45) is 0 Å². The van der Waals surface area contributed by atoms with Crippen molar-refractivity contribution in [2.45, 2.75) is 52.2 Å². The second-order valence-electron chi connectivity index (χ2n) is 8.86. The van der Waals surface area contributed by atoms with E-state index in [0.717, 1.165) is 14.0 Å². The van der Waals surface area contributed by atoms with Crippen molar-refractivity contribution < 1.29 is 27.3 Å². The fourth-order valence-electron chi connectivity index (χ4n) is 3.44. The molecule has 1 amide bonds. The molecule has 0 aliphatic carbocycles. The Bertz CT molecular complexity index is 1470. The Hall–Kier alpha value is -3.61. The molecule has 0 radical (unpaired) electrons. The smallest absolute Gasteiger partial charge is 0.437 e. The standard InChI is InChI=1S/C26H30N2O5/c1-25(2,3)17-12-18(26(4,5)6)21(33-24(31)32-7)13-20(17)28-23(30)16-14-27-19-11-9-8-10-15(19)22(16)29/h8-14H,1-7H3,(H,27,29)(H,28,30)/i4D3,5D3. The number of fused-ring (bicyclic) bond motifs is 1. The lowest BCUT2D eigenvalue weighted by Gasteiger charge is -2.29. The Balaban J connectivity index is 2.29. The third-order valence-corrected chi connectivity index (χ3v) is 5.11. The third kappa shape index (κ3) is 5.08. The monoisotopic (exact) mass is 456 g/mol. The van der Waals surface area contributed by atoms with Crippen molar-refractivity contribution in [2.75, 3.05) is 12.4 Å². The zero-order chi connectivity index (χ0) is 29.6. The summed E-state index contributed by atoms with van der Waals surface area (Å²) < 4.78 is 58.3. The SMILES string of the molecule is [2H]C([2H])([2H])C(C)(c1cc(C(C)(C)C)c(NC(=O)c2c[nH]c3ccccc3c2=O)cc1OC(=O)OC)C([2H])([2H])[2H]. The highest BCUT2D eigenvalue weighted by atomic mass is 16.7. The number of carbonyl (C=O) groups excluding carboxylic acids is 2. The summed E-state index contributed by atoms with van der Waals surface area (Å²) in [5, 5.41) is 2.96. The van der Waals surface area contributed by atoms with Gasteiger partial charge in [0.1, 0.15) is 11.3 Å². The van der Waals surface area contributed by atoms with Gasteiger partial charge in [0.15, 0.2) is 0 Å². The van der Waals surface area contributed by atoms with E-state index in [2.05, 4.69) is 15.0 Å². The van der Waals surface area contributed by atoms with E-state index in [1.165, 1.54) is 18.3 Å². The lowest BCUT2D eigenvalue weighted by atomic mass is 9.79. The predicted molar refractivity (Wildman–Crippen MR) is 129 cm³/mol. The average molecular weight is 457 g/mol. The fraction of sp³-hybridized carbons (Fsp3) is 0.346. The molecule has 1 heterocycles. The number of H-pyrrole nitrogens is 1. The van der Waals surface area contributed by atoms with E-state index >= 15 is 0 Å². The maximum absolute atomic E-state index is 13.3. The molecule has 0 atom stereocenters. The number of amides is 1. The van der Waals surface area contributed by atoms with Crippen molar-refractivity contribution in [3.05, 3.63) is 69.5 Å². The first-order chi connectivity index (χ1) is 17.8. The number of ether oxygens (including phenoxy) is 2. The van der Waals surface area contributed by atoms with Gasteiger partial charge >= 0.3 is 6.16 Å². The minimum absolute atomic E-state index is 0.0844. The van der Waals surface area contributed by atoms with Crippen LogP contribution in [0, 0.1) is 0 Å². The second-order valence-corrected chi connectivity index (χ2v) is 8.86. The van der Waals surface area contributed by atoms with E-state index in [1.54, 1.807) is 45.0 Å².